The first-order valence-corrected chi connectivity index (χ1v) is 9.96. The van der Waals surface area contributed by atoms with Gasteiger partial charge in [-0.25, -0.2) is 9.18 Å². The Morgan fingerprint density at radius 1 is 1.29 bits per heavy atom. The molecule has 148 valence electrons. The first kappa shape index (κ1) is 18.9. The maximum Gasteiger partial charge on any atom is 0.337 e. The topological polar surface area (TPSA) is 41.6 Å². The molecule has 0 amide bonds. The van der Waals surface area contributed by atoms with Crippen LogP contribution in [0.3, 0.4) is 0 Å². The van der Waals surface area contributed by atoms with E-state index >= 15 is 0 Å². The quantitative estimate of drug-likeness (QED) is 0.813. The van der Waals surface area contributed by atoms with E-state index in [2.05, 4.69) is 23.2 Å². The fourth-order valence-electron chi connectivity index (χ4n) is 5.03. The van der Waals surface area contributed by atoms with Gasteiger partial charge in [-0.15, -0.1) is 0 Å². The summed E-state index contributed by atoms with van der Waals surface area (Å²) in [4.78, 5) is 14.5. The number of piperidine rings is 1. The number of ether oxygens (including phenoxy) is 1. The van der Waals surface area contributed by atoms with Crippen LogP contribution < -0.4 is 10.2 Å². The molecule has 0 unspecified atom stereocenters. The second-order valence-corrected chi connectivity index (χ2v) is 8.19. The van der Waals surface area contributed by atoms with E-state index in [1.807, 2.05) is 24.3 Å². The van der Waals surface area contributed by atoms with E-state index < -0.39 is 0 Å². The van der Waals surface area contributed by atoms with Gasteiger partial charge < -0.3 is 15.0 Å². The summed E-state index contributed by atoms with van der Waals surface area (Å²) in [6, 6.07) is 15.3. The number of nitrogens with one attached hydrogen (secondary N) is 1. The van der Waals surface area contributed by atoms with Crippen molar-refractivity contribution in [2.75, 3.05) is 18.6 Å². The van der Waals surface area contributed by atoms with Crippen molar-refractivity contribution in [2.45, 2.75) is 50.2 Å². The molecular weight excluding hydrogens is 355 g/mol. The van der Waals surface area contributed by atoms with E-state index in [4.69, 9.17) is 4.74 Å². The average molecular weight is 382 g/mol. The molecule has 2 fully saturated rings. The fraction of sp³-hybridized carbons (Fsp3) is 0.435. The van der Waals surface area contributed by atoms with Gasteiger partial charge in [-0.2, -0.15) is 0 Å². The number of carbonyl (C=O) groups is 1. The number of fused-ring (bicyclic) bond motifs is 1. The van der Waals surface area contributed by atoms with Crippen LogP contribution in [-0.4, -0.2) is 37.2 Å². The molecule has 4 rings (SSSR count). The van der Waals surface area contributed by atoms with Crippen molar-refractivity contribution in [1.82, 2.24) is 5.32 Å². The molecule has 28 heavy (non-hydrogen) atoms. The third-order valence-corrected chi connectivity index (χ3v) is 6.16. The molecule has 2 aliphatic heterocycles. The van der Waals surface area contributed by atoms with Crippen molar-refractivity contribution in [3.63, 3.8) is 0 Å². The highest BCUT2D eigenvalue weighted by Gasteiger charge is 2.49. The third kappa shape index (κ3) is 3.51. The summed E-state index contributed by atoms with van der Waals surface area (Å²) in [6.45, 7) is 3.32. The highest BCUT2D eigenvalue weighted by molar-refractivity contribution is 5.90. The van der Waals surface area contributed by atoms with E-state index in [1.165, 1.54) is 19.2 Å². The third-order valence-electron chi connectivity index (χ3n) is 6.16. The van der Waals surface area contributed by atoms with E-state index in [-0.39, 0.29) is 17.3 Å². The number of carbonyl (C=O) groups excluding carboxylic acids is 1. The highest BCUT2D eigenvalue weighted by atomic mass is 19.1. The van der Waals surface area contributed by atoms with Crippen molar-refractivity contribution in [1.29, 1.82) is 0 Å². The van der Waals surface area contributed by atoms with E-state index in [9.17, 15) is 9.18 Å². The lowest BCUT2D eigenvalue weighted by atomic mass is 9.88. The predicted octanol–water partition coefficient (Wildman–Crippen LogP) is 3.94. The summed E-state index contributed by atoms with van der Waals surface area (Å²) in [5.74, 6) is -0.530. The van der Waals surface area contributed by atoms with Crippen molar-refractivity contribution >= 4 is 11.7 Å². The van der Waals surface area contributed by atoms with Crippen LogP contribution >= 0.6 is 0 Å². The van der Waals surface area contributed by atoms with Gasteiger partial charge in [-0.3, -0.25) is 0 Å². The predicted molar refractivity (Wildman–Crippen MR) is 108 cm³/mol. The zero-order chi connectivity index (χ0) is 19.7. The van der Waals surface area contributed by atoms with Gasteiger partial charge in [-0.1, -0.05) is 18.2 Å². The Labute approximate surface area is 165 Å². The second-order valence-electron chi connectivity index (χ2n) is 8.19. The minimum Gasteiger partial charge on any atom is -0.465 e. The molecule has 0 aromatic heterocycles. The number of nitrogens with zero attached hydrogens (tertiary/aromatic N) is 1. The number of halogens is 1. The molecule has 2 heterocycles. The van der Waals surface area contributed by atoms with Gasteiger partial charge in [0, 0.05) is 23.3 Å². The van der Waals surface area contributed by atoms with Gasteiger partial charge in [0.25, 0.3) is 0 Å². The summed E-state index contributed by atoms with van der Waals surface area (Å²) >= 11 is 0. The first-order chi connectivity index (χ1) is 13.5. The van der Waals surface area contributed by atoms with E-state index in [0.29, 0.717) is 17.6 Å². The van der Waals surface area contributed by atoms with Crippen LogP contribution in [0, 0.1) is 5.82 Å². The SMILES string of the molecule is COC(=O)c1cccc(N2[C@H]3CCCN[C@H]3C[C@@]2(C)Cc2ccc(F)cc2)c1. The van der Waals surface area contributed by atoms with Crippen LogP contribution in [0.5, 0.6) is 0 Å². The zero-order valence-electron chi connectivity index (χ0n) is 16.5. The van der Waals surface area contributed by atoms with Gasteiger partial charge >= 0.3 is 5.97 Å². The van der Waals surface area contributed by atoms with Crippen LogP contribution in [0.4, 0.5) is 10.1 Å². The molecule has 0 aliphatic carbocycles. The Morgan fingerprint density at radius 2 is 2.07 bits per heavy atom. The Kier molecular flexibility index (Phi) is 5.11. The minimum absolute atomic E-state index is 0.126. The minimum atomic E-state index is -0.320. The number of benzene rings is 2. The molecule has 3 atom stereocenters. The highest BCUT2D eigenvalue weighted by Crippen LogP contribution is 2.43. The maximum absolute atomic E-state index is 13.4. The fourth-order valence-corrected chi connectivity index (χ4v) is 5.03. The zero-order valence-corrected chi connectivity index (χ0v) is 16.5. The Morgan fingerprint density at radius 3 is 2.82 bits per heavy atom. The summed E-state index contributed by atoms with van der Waals surface area (Å²) in [6.07, 6.45) is 4.10. The molecule has 2 aliphatic rings. The van der Waals surface area contributed by atoms with Gasteiger partial charge in [-0.05, 0) is 75.0 Å². The van der Waals surface area contributed by atoms with Crippen molar-refractivity contribution < 1.29 is 13.9 Å². The van der Waals surface area contributed by atoms with E-state index in [1.54, 1.807) is 6.07 Å². The van der Waals surface area contributed by atoms with Gasteiger partial charge in [0.15, 0.2) is 0 Å². The smallest absolute Gasteiger partial charge is 0.337 e. The molecule has 2 aromatic rings. The summed E-state index contributed by atoms with van der Waals surface area (Å²) in [5.41, 5.74) is 2.61. The number of esters is 1. The number of hydrogen-bond donors (Lipinski definition) is 1. The summed E-state index contributed by atoms with van der Waals surface area (Å²) < 4.78 is 18.3. The van der Waals surface area contributed by atoms with Gasteiger partial charge in [0.1, 0.15) is 5.82 Å². The van der Waals surface area contributed by atoms with E-state index in [0.717, 1.165) is 43.5 Å². The molecule has 0 bridgehead atoms. The monoisotopic (exact) mass is 382 g/mol. The van der Waals surface area contributed by atoms with Crippen LogP contribution in [0.15, 0.2) is 48.5 Å². The Hall–Kier alpha value is -2.40. The van der Waals surface area contributed by atoms with Crippen LogP contribution in [0.25, 0.3) is 0 Å². The van der Waals surface area contributed by atoms with Crippen LogP contribution in [0.1, 0.15) is 42.1 Å². The van der Waals surface area contributed by atoms with Crippen molar-refractivity contribution in [2.24, 2.45) is 0 Å². The van der Waals surface area contributed by atoms with Crippen LogP contribution in [0.2, 0.25) is 0 Å². The molecule has 0 radical (unpaired) electrons. The number of methoxy groups -OCH3 is 1. The Bertz CT molecular complexity index is 854. The van der Waals surface area contributed by atoms with Crippen molar-refractivity contribution in [3.05, 3.63) is 65.5 Å². The maximum atomic E-state index is 13.4. The molecule has 4 nitrogen and oxygen atoms in total. The first-order valence-electron chi connectivity index (χ1n) is 9.96. The van der Waals surface area contributed by atoms with Crippen molar-refractivity contribution in [3.8, 4) is 0 Å². The molecule has 1 N–H and O–H groups in total. The number of rotatable bonds is 4. The molecule has 2 saturated heterocycles. The second kappa shape index (κ2) is 7.55. The number of anilines is 1. The molecule has 2 aromatic carbocycles. The summed E-state index contributed by atoms with van der Waals surface area (Å²) in [5, 5.41) is 3.69. The molecule has 0 spiro atoms. The Balaban J connectivity index is 1.71. The normalized spacial score (nSPS) is 26.8. The van der Waals surface area contributed by atoms with Crippen LogP contribution in [-0.2, 0) is 11.2 Å². The average Bonchev–Trinajstić information content (AvgIpc) is 3.00. The lowest BCUT2D eigenvalue weighted by Gasteiger charge is -2.42. The lowest BCUT2D eigenvalue weighted by Crippen LogP contribution is -2.50. The van der Waals surface area contributed by atoms with Gasteiger partial charge in [0.05, 0.1) is 12.7 Å². The molecule has 0 saturated carbocycles. The molecule has 5 heteroatoms. The summed E-state index contributed by atoms with van der Waals surface area (Å²) in [7, 11) is 1.41. The standard InChI is InChI=1S/C23H27FN2O2/c1-23(14-16-8-10-18(24)11-9-16)15-20-21(7-4-12-25-20)26(23)19-6-3-5-17(13-19)22(27)28-2/h3,5-6,8-11,13,20-21,25H,4,7,12,14-15H2,1-2H3/t20-,21-,23+/m0/s1. The lowest BCUT2D eigenvalue weighted by molar-refractivity contribution is 0.0600. The molecular formula is C23H27FN2O2. The largest absolute Gasteiger partial charge is 0.465 e. The van der Waals surface area contributed by atoms with Gasteiger partial charge in [0.2, 0.25) is 0 Å². The number of hydrogen-bond acceptors (Lipinski definition) is 4.